The highest BCUT2D eigenvalue weighted by Crippen LogP contribution is 2.33. The molecule has 1 amide bonds. The van der Waals surface area contributed by atoms with Crippen molar-refractivity contribution in [2.75, 3.05) is 5.32 Å². The second-order valence-electron chi connectivity index (χ2n) is 5.37. The van der Waals surface area contributed by atoms with E-state index >= 15 is 0 Å². The Morgan fingerprint density at radius 3 is 3.11 bits per heavy atom. The first kappa shape index (κ1) is 12.6. The Bertz CT molecular complexity index is 505. The molecule has 5 heteroatoms. The molecule has 0 radical (unpaired) electrons. The molecule has 2 N–H and O–H groups in total. The van der Waals surface area contributed by atoms with Crippen LogP contribution in [0, 0.1) is 17.2 Å². The number of thiophene rings is 1. The molecule has 2 aliphatic rings. The van der Waals surface area contributed by atoms with Crippen molar-refractivity contribution in [2.45, 2.75) is 44.2 Å². The summed E-state index contributed by atoms with van der Waals surface area (Å²) in [6, 6.07) is 4.26. The molecule has 0 spiro atoms. The van der Waals surface area contributed by atoms with E-state index in [1.165, 1.54) is 37.0 Å². The fourth-order valence-corrected chi connectivity index (χ4v) is 3.95. The molecule has 3 atom stereocenters. The Labute approximate surface area is 116 Å². The Balaban J connectivity index is 1.64. The minimum absolute atomic E-state index is 0.00773. The van der Waals surface area contributed by atoms with Crippen LogP contribution in [-0.2, 0) is 4.79 Å². The molecule has 1 aliphatic carbocycles. The van der Waals surface area contributed by atoms with Crippen LogP contribution in [0.4, 0.5) is 5.00 Å². The van der Waals surface area contributed by atoms with E-state index in [0.717, 1.165) is 6.42 Å². The Morgan fingerprint density at radius 1 is 1.47 bits per heavy atom. The molecule has 1 saturated heterocycles. The van der Waals surface area contributed by atoms with Crippen LogP contribution < -0.4 is 10.6 Å². The average Bonchev–Trinajstić information content (AvgIpc) is 3.03. The van der Waals surface area contributed by atoms with Gasteiger partial charge in [0.15, 0.2) is 0 Å². The van der Waals surface area contributed by atoms with Gasteiger partial charge in [-0.3, -0.25) is 4.79 Å². The number of carbonyl (C=O) groups is 1. The third-order valence-electron chi connectivity index (χ3n) is 4.20. The highest BCUT2D eigenvalue weighted by Gasteiger charge is 2.38. The van der Waals surface area contributed by atoms with Gasteiger partial charge >= 0.3 is 0 Å². The van der Waals surface area contributed by atoms with Gasteiger partial charge in [0, 0.05) is 6.04 Å². The van der Waals surface area contributed by atoms with Crippen molar-refractivity contribution in [2.24, 2.45) is 5.92 Å². The van der Waals surface area contributed by atoms with Crippen LogP contribution in [0.2, 0.25) is 0 Å². The summed E-state index contributed by atoms with van der Waals surface area (Å²) in [5.41, 5.74) is 0.550. The van der Waals surface area contributed by atoms with E-state index < -0.39 is 0 Å². The lowest BCUT2D eigenvalue weighted by Gasteiger charge is -2.24. The first-order valence-corrected chi connectivity index (χ1v) is 7.70. The van der Waals surface area contributed by atoms with Crippen LogP contribution in [0.3, 0.4) is 0 Å². The lowest BCUT2D eigenvalue weighted by atomic mass is 9.85. The predicted octanol–water partition coefficient (Wildman–Crippen LogP) is 2.48. The summed E-state index contributed by atoms with van der Waals surface area (Å²) in [5.74, 6) is 0.664. The fraction of sp³-hybridized carbons (Fsp3) is 0.571. The summed E-state index contributed by atoms with van der Waals surface area (Å²) in [4.78, 5) is 12.2. The number of nitriles is 1. The number of amides is 1. The Kier molecular flexibility index (Phi) is 3.54. The highest BCUT2D eigenvalue weighted by molar-refractivity contribution is 7.14. The molecular formula is C14H17N3OS. The van der Waals surface area contributed by atoms with E-state index in [4.69, 9.17) is 5.26 Å². The summed E-state index contributed by atoms with van der Waals surface area (Å²) in [6.45, 7) is 0. The first-order valence-electron chi connectivity index (χ1n) is 6.82. The summed E-state index contributed by atoms with van der Waals surface area (Å²) < 4.78 is 0. The minimum Gasteiger partial charge on any atom is -0.315 e. The number of anilines is 1. The fourth-order valence-electron chi connectivity index (χ4n) is 3.21. The molecule has 2 heterocycles. The smallest absolute Gasteiger partial charge is 0.242 e. The van der Waals surface area contributed by atoms with Crippen molar-refractivity contribution in [3.05, 3.63) is 17.0 Å². The maximum Gasteiger partial charge on any atom is 0.242 e. The van der Waals surface area contributed by atoms with Crippen molar-refractivity contribution >= 4 is 22.2 Å². The molecule has 3 unspecified atom stereocenters. The van der Waals surface area contributed by atoms with Crippen LogP contribution >= 0.6 is 11.3 Å². The highest BCUT2D eigenvalue weighted by atomic mass is 32.1. The average molecular weight is 275 g/mol. The Hall–Kier alpha value is -1.38. The summed E-state index contributed by atoms with van der Waals surface area (Å²) in [6.07, 6.45) is 5.93. The van der Waals surface area contributed by atoms with Gasteiger partial charge in [0.2, 0.25) is 5.91 Å². The van der Waals surface area contributed by atoms with Gasteiger partial charge in [-0.25, -0.2) is 0 Å². The van der Waals surface area contributed by atoms with Gasteiger partial charge in [0.05, 0.1) is 11.6 Å². The Morgan fingerprint density at radius 2 is 2.32 bits per heavy atom. The monoisotopic (exact) mass is 275 g/mol. The number of nitrogens with one attached hydrogen (secondary N) is 2. The number of fused-ring (bicyclic) bond motifs is 1. The molecule has 3 rings (SSSR count). The lowest BCUT2D eigenvalue weighted by molar-refractivity contribution is -0.117. The molecule has 2 fully saturated rings. The number of carbonyl (C=O) groups excluding carboxylic acids is 1. The van der Waals surface area contributed by atoms with Gasteiger partial charge in [-0.2, -0.15) is 5.26 Å². The van der Waals surface area contributed by atoms with Gasteiger partial charge in [-0.15, -0.1) is 11.3 Å². The molecule has 1 aromatic rings. The third-order valence-corrected chi connectivity index (χ3v) is 5.03. The van der Waals surface area contributed by atoms with Crippen LogP contribution in [0.5, 0.6) is 0 Å². The van der Waals surface area contributed by atoms with E-state index in [1.54, 1.807) is 6.07 Å². The predicted molar refractivity (Wildman–Crippen MR) is 75.0 cm³/mol. The van der Waals surface area contributed by atoms with Crippen LogP contribution in [0.1, 0.15) is 37.7 Å². The van der Waals surface area contributed by atoms with E-state index in [1.807, 2.05) is 5.38 Å². The number of rotatable bonds is 2. The summed E-state index contributed by atoms with van der Waals surface area (Å²) in [7, 11) is 0. The third kappa shape index (κ3) is 2.51. The molecule has 1 saturated carbocycles. The van der Waals surface area contributed by atoms with Gasteiger partial charge < -0.3 is 10.6 Å². The second kappa shape index (κ2) is 5.32. The normalized spacial score (nSPS) is 29.5. The van der Waals surface area contributed by atoms with Gasteiger partial charge in [-0.1, -0.05) is 12.8 Å². The summed E-state index contributed by atoms with van der Waals surface area (Å²) in [5, 5.41) is 17.8. The number of hydrogen-bond acceptors (Lipinski definition) is 4. The lowest BCUT2D eigenvalue weighted by Crippen LogP contribution is -2.39. The topological polar surface area (TPSA) is 64.9 Å². The van der Waals surface area contributed by atoms with Crippen molar-refractivity contribution in [1.82, 2.24) is 5.32 Å². The standard InChI is InChI=1S/C14H17N3OS/c15-8-10-5-6-19-14(10)17-13(18)12-7-9-3-1-2-4-11(9)16-12/h5-6,9,11-12,16H,1-4,7H2,(H,17,18). The number of nitrogens with zero attached hydrogens (tertiary/aromatic N) is 1. The maximum absolute atomic E-state index is 12.2. The van der Waals surface area contributed by atoms with E-state index in [-0.39, 0.29) is 11.9 Å². The van der Waals surface area contributed by atoms with E-state index in [2.05, 4.69) is 16.7 Å². The zero-order valence-corrected chi connectivity index (χ0v) is 11.5. The van der Waals surface area contributed by atoms with Crippen molar-refractivity contribution in [3.63, 3.8) is 0 Å². The van der Waals surface area contributed by atoms with Crippen molar-refractivity contribution < 1.29 is 4.79 Å². The zero-order chi connectivity index (χ0) is 13.2. The van der Waals surface area contributed by atoms with Gasteiger partial charge in [-0.05, 0) is 36.6 Å². The maximum atomic E-state index is 12.2. The van der Waals surface area contributed by atoms with E-state index in [0.29, 0.717) is 22.5 Å². The summed E-state index contributed by atoms with van der Waals surface area (Å²) >= 11 is 1.40. The van der Waals surface area contributed by atoms with Gasteiger partial charge in [0.1, 0.15) is 11.1 Å². The quantitative estimate of drug-likeness (QED) is 0.871. The van der Waals surface area contributed by atoms with E-state index in [9.17, 15) is 4.79 Å². The van der Waals surface area contributed by atoms with Gasteiger partial charge in [0.25, 0.3) is 0 Å². The molecule has 19 heavy (non-hydrogen) atoms. The molecule has 1 aliphatic heterocycles. The largest absolute Gasteiger partial charge is 0.315 e. The van der Waals surface area contributed by atoms with Crippen LogP contribution in [-0.4, -0.2) is 18.0 Å². The SMILES string of the molecule is N#Cc1ccsc1NC(=O)C1CC2CCCCC2N1. The first-order chi connectivity index (χ1) is 9.28. The molecule has 1 aromatic heterocycles. The van der Waals surface area contributed by atoms with Crippen molar-refractivity contribution in [3.8, 4) is 6.07 Å². The molecule has 0 bridgehead atoms. The molecule has 0 aromatic carbocycles. The zero-order valence-electron chi connectivity index (χ0n) is 10.7. The molecular weight excluding hydrogens is 258 g/mol. The molecule has 4 nitrogen and oxygen atoms in total. The van der Waals surface area contributed by atoms with Crippen molar-refractivity contribution in [1.29, 1.82) is 5.26 Å². The van der Waals surface area contributed by atoms with Crippen LogP contribution in [0.15, 0.2) is 11.4 Å². The second-order valence-corrected chi connectivity index (χ2v) is 6.29. The van der Waals surface area contributed by atoms with Crippen LogP contribution in [0.25, 0.3) is 0 Å². The number of hydrogen-bond donors (Lipinski definition) is 2. The molecule has 100 valence electrons. The minimum atomic E-state index is -0.0956.